The van der Waals surface area contributed by atoms with Crippen molar-refractivity contribution in [3.63, 3.8) is 0 Å². The number of nitrogens with one attached hydrogen (secondary N) is 1. The molecule has 0 spiro atoms. The molecule has 1 fully saturated rings. The van der Waals surface area contributed by atoms with Crippen LogP contribution in [-0.4, -0.2) is 66.6 Å². The van der Waals surface area contributed by atoms with Gasteiger partial charge >= 0.3 is 0 Å². The molecule has 128 valence electrons. The first-order chi connectivity index (χ1) is 10.9. The highest BCUT2D eigenvalue weighted by atomic mass is 35.5. The van der Waals surface area contributed by atoms with Crippen LogP contribution in [0.3, 0.4) is 0 Å². The number of piperazine rings is 1. The number of carbonyl (C=O) groups is 1. The lowest BCUT2D eigenvalue weighted by molar-refractivity contribution is 0.0790. The fourth-order valence-electron chi connectivity index (χ4n) is 2.96. The third-order valence-electron chi connectivity index (χ3n) is 4.47. The highest BCUT2D eigenvalue weighted by Gasteiger charge is 2.26. The maximum absolute atomic E-state index is 12.4. The van der Waals surface area contributed by atoms with Gasteiger partial charge in [0.15, 0.2) is 0 Å². The van der Waals surface area contributed by atoms with Crippen molar-refractivity contribution in [3.05, 3.63) is 28.8 Å². The molecule has 1 aliphatic rings. The molecule has 0 bridgehead atoms. The zero-order valence-corrected chi connectivity index (χ0v) is 14.8. The first-order valence-electron chi connectivity index (χ1n) is 8.08. The highest BCUT2D eigenvalue weighted by molar-refractivity contribution is 6.34. The summed E-state index contributed by atoms with van der Waals surface area (Å²) in [5.41, 5.74) is 0.148. The zero-order valence-electron chi connectivity index (χ0n) is 14.1. The first kappa shape index (κ1) is 18.0. The number of hydrogen-bond acceptors (Lipinski definition) is 4. The Bertz CT molecular complexity index is 522. The Morgan fingerprint density at radius 1 is 1.30 bits per heavy atom. The van der Waals surface area contributed by atoms with Crippen LogP contribution in [-0.2, 0) is 0 Å². The lowest BCUT2D eigenvalue weighted by Crippen LogP contribution is -2.54. The molecule has 1 amide bonds. The van der Waals surface area contributed by atoms with Crippen molar-refractivity contribution >= 4 is 17.5 Å². The van der Waals surface area contributed by atoms with Gasteiger partial charge in [-0.3, -0.25) is 9.69 Å². The third-order valence-corrected chi connectivity index (χ3v) is 4.78. The molecule has 1 heterocycles. The summed E-state index contributed by atoms with van der Waals surface area (Å²) in [5, 5.41) is 13.1. The fourth-order valence-corrected chi connectivity index (χ4v) is 3.22. The van der Waals surface area contributed by atoms with Crippen LogP contribution in [0.5, 0.6) is 5.75 Å². The quantitative estimate of drug-likeness (QED) is 0.862. The second-order valence-electron chi connectivity index (χ2n) is 6.49. The molecule has 1 aromatic carbocycles. The van der Waals surface area contributed by atoms with Crippen LogP contribution in [0.25, 0.3) is 0 Å². The molecule has 1 saturated heterocycles. The van der Waals surface area contributed by atoms with Crippen molar-refractivity contribution < 1.29 is 9.90 Å². The largest absolute Gasteiger partial charge is 0.507 e. The molecule has 1 aliphatic heterocycles. The molecule has 1 atom stereocenters. The molecule has 0 aromatic heterocycles. The van der Waals surface area contributed by atoms with E-state index in [1.165, 1.54) is 6.07 Å². The normalized spacial score (nSPS) is 18.1. The van der Waals surface area contributed by atoms with Crippen LogP contribution in [0.2, 0.25) is 5.02 Å². The minimum absolute atomic E-state index is 0.0873. The van der Waals surface area contributed by atoms with Crippen LogP contribution < -0.4 is 5.32 Å². The zero-order chi connectivity index (χ0) is 17.0. The Labute approximate surface area is 143 Å². The number of aromatic hydroxyl groups is 1. The van der Waals surface area contributed by atoms with Gasteiger partial charge in [-0.25, -0.2) is 0 Å². The maximum atomic E-state index is 12.4. The number of amides is 1. The number of hydrogen-bond donors (Lipinski definition) is 2. The lowest BCUT2D eigenvalue weighted by Gasteiger charge is -2.39. The molecule has 23 heavy (non-hydrogen) atoms. The molecule has 2 rings (SSSR count). The van der Waals surface area contributed by atoms with Crippen LogP contribution in [0.15, 0.2) is 18.2 Å². The molecule has 1 unspecified atom stereocenters. The van der Waals surface area contributed by atoms with Crippen molar-refractivity contribution in [3.8, 4) is 5.75 Å². The van der Waals surface area contributed by atoms with Gasteiger partial charge in [-0.05, 0) is 25.1 Å². The van der Waals surface area contributed by atoms with Crippen molar-refractivity contribution in [1.29, 1.82) is 0 Å². The first-order valence-corrected chi connectivity index (χ1v) is 8.46. The molecule has 0 aliphatic carbocycles. The summed E-state index contributed by atoms with van der Waals surface area (Å²) in [6, 6.07) is 4.98. The van der Waals surface area contributed by atoms with Gasteiger partial charge < -0.3 is 15.3 Å². The highest BCUT2D eigenvalue weighted by Crippen LogP contribution is 2.25. The number of rotatable bonds is 5. The molecule has 6 heteroatoms. The van der Waals surface area contributed by atoms with Crippen molar-refractivity contribution in [2.24, 2.45) is 5.92 Å². The smallest absolute Gasteiger partial charge is 0.256 e. The molecule has 5 nitrogen and oxygen atoms in total. The number of phenols is 1. The van der Waals surface area contributed by atoms with E-state index in [4.69, 9.17) is 11.6 Å². The standard InChI is InChI=1S/C17H26ClN3O2/c1-12(2)14(21-9-7-20(3)8-10-21)11-19-17(23)16-13(18)5-4-6-15(16)22/h4-6,12,14,22H,7-11H2,1-3H3,(H,19,23). The van der Waals surface area contributed by atoms with E-state index in [9.17, 15) is 9.90 Å². The van der Waals surface area contributed by atoms with E-state index in [1.807, 2.05) is 0 Å². The van der Waals surface area contributed by atoms with Crippen LogP contribution in [0, 0.1) is 5.92 Å². The van der Waals surface area contributed by atoms with Gasteiger partial charge in [0.1, 0.15) is 5.75 Å². The number of carbonyl (C=O) groups excluding carboxylic acids is 1. The minimum atomic E-state index is -0.326. The molecular formula is C17H26ClN3O2. The summed E-state index contributed by atoms with van der Waals surface area (Å²) in [5.74, 6) is 0.0159. The van der Waals surface area contributed by atoms with E-state index < -0.39 is 0 Å². The van der Waals surface area contributed by atoms with Gasteiger partial charge in [-0.1, -0.05) is 31.5 Å². The SMILES string of the molecule is CC(C)C(CNC(=O)c1c(O)cccc1Cl)N1CCN(C)CC1. The average molecular weight is 340 g/mol. The Balaban J connectivity index is 2.00. The number of halogens is 1. The van der Waals surface area contributed by atoms with E-state index >= 15 is 0 Å². The van der Waals surface area contributed by atoms with Gasteiger partial charge in [0.25, 0.3) is 5.91 Å². The molecule has 1 aromatic rings. The van der Waals surface area contributed by atoms with Gasteiger partial charge in [-0.15, -0.1) is 0 Å². The van der Waals surface area contributed by atoms with Gasteiger partial charge in [-0.2, -0.15) is 0 Å². The summed E-state index contributed by atoms with van der Waals surface area (Å²) in [6.07, 6.45) is 0. The number of phenolic OH excluding ortho intramolecular Hbond substituents is 1. The number of likely N-dealkylation sites (N-methyl/N-ethyl adjacent to an activating group) is 1. The van der Waals surface area contributed by atoms with E-state index in [1.54, 1.807) is 12.1 Å². The lowest BCUT2D eigenvalue weighted by atomic mass is 10.0. The van der Waals surface area contributed by atoms with Gasteiger partial charge in [0, 0.05) is 38.8 Å². The third kappa shape index (κ3) is 4.59. The Kier molecular flexibility index (Phi) is 6.27. The number of nitrogens with zero attached hydrogens (tertiary/aromatic N) is 2. The second-order valence-corrected chi connectivity index (χ2v) is 6.90. The van der Waals surface area contributed by atoms with Crippen LogP contribution >= 0.6 is 11.6 Å². The van der Waals surface area contributed by atoms with Gasteiger partial charge in [0.2, 0.25) is 0 Å². The molecule has 0 saturated carbocycles. The Hall–Kier alpha value is -1.30. The van der Waals surface area contributed by atoms with E-state index in [-0.39, 0.29) is 28.3 Å². The summed E-state index contributed by atoms with van der Waals surface area (Å²) in [6.45, 7) is 8.99. The Morgan fingerprint density at radius 2 is 1.96 bits per heavy atom. The fraction of sp³-hybridized carbons (Fsp3) is 0.588. The van der Waals surface area contributed by atoms with Crippen molar-refractivity contribution in [1.82, 2.24) is 15.1 Å². The Morgan fingerprint density at radius 3 is 2.52 bits per heavy atom. The van der Waals surface area contributed by atoms with Gasteiger partial charge in [0.05, 0.1) is 10.6 Å². The minimum Gasteiger partial charge on any atom is -0.507 e. The average Bonchev–Trinajstić information content (AvgIpc) is 2.48. The summed E-state index contributed by atoms with van der Waals surface area (Å²) >= 11 is 6.03. The molecule has 2 N–H and O–H groups in total. The van der Waals surface area contributed by atoms with Crippen LogP contribution in [0.4, 0.5) is 0 Å². The van der Waals surface area contributed by atoms with E-state index in [0.717, 1.165) is 26.2 Å². The van der Waals surface area contributed by atoms with Crippen molar-refractivity contribution in [2.75, 3.05) is 39.8 Å². The van der Waals surface area contributed by atoms with E-state index in [2.05, 4.69) is 36.0 Å². The maximum Gasteiger partial charge on any atom is 0.256 e. The van der Waals surface area contributed by atoms with E-state index in [0.29, 0.717) is 12.5 Å². The summed E-state index contributed by atoms with van der Waals surface area (Å²) in [4.78, 5) is 17.1. The molecule has 0 radical (unpaired) electrons. The second kappa shape index (κ2) is 7.99. The molecular weight excluding hydrogens is 314 g/mol. The predicted molar refractivity (Wildman–Crippen MR) is 93.1 cm³/mol. The predicted octanol–water partition coefficient (Wildman–Crippen LogP) is 2.05. The monoisotopic (exact) mass is 339 g/mol. The summed E-state index contributed by atoms with van der Waals surface area (Å²) in [7, 11) is 2.13. The van der Waals surface area contributed by atoms with Crippen LogP contribution in [0.1, 0.15) is 24.2 Å². The van der Waals surface area contributed by atoms with Crippen molar-refractivity contribution in [2.45, 2.75) is 19.9 Å². The summed E-state index contributed by atoms with van der Waals surface area (Å²) < 4.78 is 0. The number of benzene rings is 1. The topological polar surface area (TPSA) is 55.8 Å².